The van der Waals surface area contributed by atoms with Gasteiger partial charge < -0.3 is 5.32 Å². The maximum atomic E-state index is 4.04. The third-order valence-corrected chi connectivity index (χ3v) is 3.00. The lowest BCUT2D eigenvalue weighted by molar-refractivity contribution is 0.442. The van der Waals surface area contributed by atoms with Crippen LogP contribution >= 0.6 is 0 Å². The Hall–Kier alpha value is -0.820. The first kappa shape index (κ1) is 11.3. The highest BCUT2D eigenvalue weighted by atomic mass is 14.9. The Morgan fingerprint density at radius 3 is 3.00 bits per heavy atom. The van der Waals surface area contributed by atoms with Crippen LogP contribution in [0.4, 0.5) is 0 Å². The van der Waals surface area contributed by atoms with Crippen molar-refractivity contribution in [1.82, 2.24) is 5.32 Å². The van der Waals surface area contributed by atoms with Gasteiger partial charge in [-0.3, -0.25) is 0 Å². The van der Waals surface area contributed by atoms with E-state index in [4.69, 9.17) is 0 Å². The van der Waals surface area contributed by atoms with E-state index < -0.39 is 0 Å². The molecule has 78 valence electrons. The van der Waals surface area contributed by atoms with Crippen molar-refractivity contribution < 1.29 is 0 Å². The van der Waals surface area contributed by atoms with Gasteiger partial charge in [-0.15, -0.1) is 6.58 Å². The zero-order valence-electron chi connectivity index (χ0n) is 9.34. The minimum absolute atomic E-state index is 0.517. The summed E-state index contributed by atoms with van der Waals surface area (Å²) in [5, 5.41) is 3.48. The van der Waals surface area contributed by atoms with Crippen molar-refractivity contribution in [2.45, 2.75) is 32.7 Å². The van der Waals surface area contributed by atoms with Gasteiger partial charge in [0.25, 0.3) is 0 Å². The molecule has 2 atom stereocenters. The molecule has 14 heavy (non-hydrogen) atoms. The van der Waals surface area contributed by atoms with Crippen molar-refractivity contribution in [3.63, 3.8) is 0 Å². The summed E-state index contributed by atoms with van der Waals surface area (Å²) in [6, 6.07) is 0.517. The molecule has 0 spiro atoms. The molecule has 0 aromatic heterocycles. The Bertz CT molecular complexity index is 250. The largest absolute Gasteiger partial charge is 0.307 e. The molecule has 0 saturated carbocycles. The van der Waals surface area contributed by atoms with Gasteiger partial charge in [0.15, 0.2) is 0 Å². The molecule has 0 unspecified atom stereocenters. The summed E-state index contributed by atoms with van der Waals surface area (Å²) in [7, 11) is 0. The first-order valence-corrected chi connectivity index (χ1v) is 5.31. The van der Waals surface area contributed by atoms with Crippen LogP contribution in [0.5, 0.6) is 0 Å². The fraction of sp³-hybridized carbons (Fsp3) is 0.538. The molecular weight excluding hydrogens is 170 g/mol. The fourth-order valence-electron chi connectivity index (χ4n) is 1.91. The zero-order valence-corrected chi connectivity index (χ0v) is 9.34. The molecular formula is C13H21N. The summed E-state index contributed by atoms with van der Waals surface area (Å²) in [6.07, 6.45) is 6.60. The minimum Gasteiger partial charge on any atom is -0.307 e. The minimum atomic E-state index is 0.517. The third kappa shape index (κ3) is 2.85. The van der Waals surface area contributed by atoms with Crippen molar-refractivity contribution in [2.24, 2.45) is 5.92 Å². The molecule has 0 radical (unpaired) electrons. The molecule has 1 nitrogen and oxygen atoms in total. The summed E-state index contributed by atoms with van der Waals surface area (Å²) < 4.78 is 0. The summed E-state index contributed by atoms with van der Waals surface area (Å²) >= 11 is 0. The average molecular weight is 191 g/mol. The number of rotatable bonds is 4. The molecule has 0 fully saturated rings. The average Bonchev–Trinajstić information content (AvgIpc) is 2.16. The van der Waals surface area contributed by atoms with E-state index in [9.17, 15) is 0 Å². The number of hydrogen-bond acceptors (Lipinski definition) is 1. The molecule has 0 aliphatic heterocycles. The van der Waals surface area contributed by atoms with Crippen molar-refractivity contribution in [3.05, 3.63) is 36.5 Å². The molecule has 0 bridgehead atoms. The van der Waals surface area contributed by atoms with E-state index >= 15 is 0 Å². The van der Waals surface area contributed by atoms with Crippen LogP contribution < -0.4 is 5.32 Å². The highest BCUT2D eigenvalue weighted by Crippen LogP contribution is 2.28. The normalized spacial score (nSPS) is 26.9. The van der Waals surface area contributed by atoms with Gasteiger partial charge in [0.2, 0.25) is 0 Å². The fourth-order valence-corrected chi connectivity index (χ4v) is 1.91. The second-order valence-electron chi connectivity index (χ2n) is 4.21. The van der Waals surface area contributed by atoms with Gasteiger partial charge in [-0.05, 0) is 32.6 Å². The molecule has 0 saturated heterocycles. The second kappa shape index (κ2) is 5.16. The van der Waals surface area contributed by atoms with E-state index in [0.717, 1.165) is 13.0 Å². The van der Waals surface area contributed by atoms with Gasteiger partial charge in [0, 0.05) is 12.6 Å². The molecule has 0 amide bonds. The van der Waals surface area contributed by atoms with E-state index in [1.165, 1.54) is 17.6 Å². The number of nitrogens with one attached hydrogen (secondary N) is 1. The lowest BCUT2D eigenvalue weighted by atomic mass is 9.83. The second-order valence-corrected chi connectivity index (χ2v) is 4.21. The van der Waals surface area contributed by atoms with E-state index in [0.29, 0.717) is 12.0 Å². The van der Waals surface area contributed by atoms with Gasteiger partial charge in [-0.2, -0.15) is 0 Å². The molecule has 1 aliphatic rings. The van der Waals surface area contributed by atoms with Crippen LogP contribution in [0.2, 0.25) is 0 Å². The molecule has 0 aromatic carbocycles. The predicted octanol–water partition coefficient (Wildman–Crippen LogP) is 3.06. The van der Waals surface area contributed by atoms with Gasteiger partial charge in [0.05, 0.1) is 0 Å². The first-order chi connectivity index (χ1) is 6.65. The van der Waals surface area contributed by atoms with E-state index in [-0.39, 0.29) is 0 Å². The SMILES string of the molecule is C=CCN[C@@H]1C[C@@H](C(=C)C)CC=C1C. The molecule has 0 aromatic rings. The molecule has 1 rings (SSSR count). The van der Waals surface area contributed by atoms with Crippen LogP contribution in [0, 0.1) is 5.92 Å². The van der Waals surface area contributed by atoms with Crippen molar-refractivity contribution >= 4 is 0 Å². The van der Waals surface area contributed by atoms with Crippen LogP contribution in [-0.4, -0.2) is 12.6 Å². The van der Waals surface area contributed by atoms with E-state index in [1.54, 1.807) is 0 Å². The monoisotopic (exact) mass is 191 g/mol. The van der Waals surface area contributed by atoms with Gasteiger partial charge in [-0.1, -0.05) is 29.9 Å². The van der Waals surface area contributed by atoms with Gasteiger partial charge >= 0.3 is 0 Å². The Kier molecular flexibility index (Phi) is 4.15. The first-order valence-electron chi connectivity index (χ1n) is 5.31. The third-order valence-electron chi connectivity index (χ3n) is 3.00. The Labute approximate surface area is 87.6 Å². The van der Waals surface area contributed by atoms with Crippen LogP contribution in [-0.2, 0) is 0 Å². The smallest absolute Gasteiger partial charge is 0.0285 e. The van der Waals surface area contributed by atoms with Crippen LogP contribution in [0.1, 0.15) is 26.7 Å². The summed E-state index contributed by atoms with van der Waals surface area (Å²) in [4.78, 5) is 0. The lowest BCUT2D eigenvalue weighted by Gasteiger charge is -2.29. The van der Waals surface area contributed by atoms with Crippen molar-refractivity contribution in [2.75, 3.05) is 6.54 Å². The molecule has 1 heteroatoms. The predicted molar refractivity (Wildman–Crippen MR) is 63.3 cm³/mol. The van der Waals surface area contributed by atoms with E-state index in [2.05, 4.69) is 38.4 Å². The summed E-state index contributed by atoms with van der Waals surface area (Å²) in [5.41, 5.74) is 2.77. The van der Waals surface area contributed by atoms with Gasteiger partial charge in [-0.25, -0.2) is 0 Å². The van der Waals surface area contributed by atoms with Crippen LogP contribution in [0.3, 0.4) is 0 Å². The standard InChI is InChI=1S/C13H21N/c1-5-8-14-13-9-12(10(2)3)7-6-11(13)4/h5-6,12-14H,1-2,7-9H2,3-4H3/t12-,13+/m0/s1. The summed E-state index contributed by atoms with van der Waals surface area (Å²) in [5.74, 6) is 0.654. The quantitative estimate of drug-likeness (QED) is 0.673. The number of hydrogen-bond donors (Lipinski definition) is 1. The van der Waals surface area contributed by atoms with Crippen LogP contribution in [0.15, 0.2) is 36.5 Å². The van der Waals surface area contributed by atoms with Crippen molar-refractivity contribution in [3.8, 4) is 0 Å². The molecule has 1 aliphatic carbocycles. The van der Waals surface area contributed by atoms with Gasteiger partial charge in [0.1, 0.15) is 0 Å². The Balaban J connectivity index is 2.57. The maximum absolute atomic E-state index is 4.04. The van der Waals surface area contributed by atoms with Crippen molar-refractivity contribution in [1.29, 1.82) is 0 Å². The van der Waals surface area contributed by atoms with Crippen LogP contribution in [0.25, 0.3) is 0 Å². The number of allylic oxidation sites excluding steroid dienone is 2. The summed E-state index contributed by atoms with van der Waals surface area (Å²) in [6.45, 7) is 13.0. The highest BCUT2D eigenvalue weighted by Gasteiger charge is 2.21. The Morgan fingerprint density at radius 2 is 2.43 bits per heavy atom. The highest BCUT2D eigenvalue weighted by molar-refractivity contribution is 5.17. The molecule has 1 N–H and O–H groups in total. The molecule has 0 heterocycles. The topological polar surface area (TPSA) is 12.0 Å². The maximum Gasteiger partial charge on any atom is 0.0285 e. The zero-order chi connectivity index (χ0) is 10.6. The Morgan fingerprint density at radius 1 is 1.71 bits per heavy atom. The van der Waals surface area contributed by atoms with E-state index in [1.807, 2.05) is 6.08 Å². The lowest BCUT2D eigenvalue weighted by Crippen LogP contribution is -2.34.